The van der Waals surface area contributed by atoms with E-state index in [-0.39, 0.29) is 10.5 Å². The topological polar surface area (TPSA) is 29.4 Å². The van der Waals surface area contributed by atoms with Crippen molar-refractivity contribution in [2.24, 2.45) is 10.9 Å². The molecule has 1 saturated heterocycles. The molecule has 4 heteroatoms. The van der Waals surface area contributed by atoms with Gasteiger partial charge in [-0.25, -0.2) is 4.99 Å². The molecule has 0 amide bonds. The van der Waals surface area contributed by atoms with Gasteiger partial charge in [0.15, 0.2) is 0 Å². The van der Waals surface area contributed by atoms with Crippen molar-refractivity contribution < 1.29 is 4.79 Å². The quantitative estimate of drug-likeness (QED) is 0.718. The van der Waals surface area contributed by atoms with Gasteiger partial charge in [-0.05, 0) is 36.1 Å². The summed E-state index contributed by atoms with van der Waals surface area (Å²) in [4.78, 5) is 15.8. The Morgan fingerprint density at radius 2 is 2.25 bits per heavy atom. The third kappa shape index (κ3) is 1.68. The summed E-state index contributed by atoms with van der Waals surface area (Å²) in [7, 11) is 0. The fraction of sp³-hybridized carbons (Fsp3) is 0.333. The maximum Gasteiger partial charge on any atom is 0.235 e. The minimum atomic E-state index is -0.244. The molecular weight excluding hydrogens is 242 g/mol. The first-order valence-corrected chi connectivity index (χ1v) is 6.52. The lowest BCUT2D eigenvalue weighted by Gasteiger charge is -2.17. The molecule has 0 bridgehead atoms. The number of carbonyl (C=O) groups excluding carboxylic acids is 1. The molecule has 0 aliphatic carbocycles. The van der Waals surface area contributed by atoms with Crippen molar-refractivity contribution in [3.63, 3.8) is 0 Å². The molecule has 0 spiro atoms. The number of nitrogens with zero attached hydrogens (tertiary/aromatic N) is 1. The van der Waals surface area contributed by atoms with Gasteiger partial charge in [-0.1, -0.05) is 30.0 Å². The molecule has 2 atom stereocenters. The van der Waals surface area contributed by atoms with Crippen LogP contribution in [0.4, 0.5) is 5.69 Å². The zero-order valence-corrected chi connectivity index (χ0v) is 10.1. The van der Waals surface area contributed by atoms with E-state index in [9.17, 15) is 4.79 Å². The number of fused-ring (bicyclic) bond motifs is 2. The van der Waals surface area contributed by atoms with E-state index in [1.54, 1.807) is 0 Å². The summed E-state index contributed by atoms with van der Waals surface area (Å²) in [6, 6.07) is 8.16. The Hall–Kier alpha value is -0.800. The van der Waals surface area contributed by atoms with Crippen molar-refractivity contribution in [3.8, 4) is 0 Å². The van der Waals surface area contributed by atoms with Crippen LogP contribution in [0.3, 0.4) is 0 Å². The predicted molar refractivity (Wildman–Crippen MR) is 67.6 cm³/mol. The second-order valence-electron chi connectivity index (χ2n) is 4.13. The van der Waals surface area contributed by atoms with Crippen LogP contribution in [0.15, 0.2) is 29.3 Å². The Morgan fingerprint density at radius 1 is 1.44 bits per heavy atom. The number of rotatable bonds is 1. The average Bonchev–Trinajstić information content (AvgIpc) is 2.68. The molecule has 1 fully saturated rings. The number of thioether (sulfide) groups is 1. The summed E-state index contributed by atoms with van der Waals surface area (Å²) in [5.74, 6) is 0.396. The van der Waals surface area contributed by atoms with Crippen molar-refractivity contribution in [2.45, 2.75) is 18.1 Å². The van der Waals surface area contributed by atoms with Crippen molar-refractivity contribution in [1.29, 1.82) is 0 Å². The first-order valence-electron chi connectivity index (χ1n) is 5.26. The lowest BCUT2D eigenvalue weighted by atomic mass is 9.93. The van der Waals surface area contributed by atoms with Gasteiger partial charge in [-0.15, -0.1) is 0 Å². The fourth-order valence-electron chi connectivity index (χ4n) is 2.25. The first kappa shape index (κ1) is 10.4. The lowest BCUT2D eigenvalue weighted by Crippen LogP contribution is -2.13. The van der Waals surface area contributed by atoms with E-state index in [4.69, 9.17) is 11.6 Å². The number of hydrogen-bond donors (Lipinski definition) is 0. The lowest BCUT2D eigenvalue weighted by molar-refractivity contribution is -0.111. The first-order chi connectivity index (χ1) is 7.74. The highest BCUT2D eigenvalue weighted by Crippen LogP contribution is 2.42. The standard InChI is InChI=1S/C12H10ClNOS/c13-11(15)10-6-8-5-7-3-1-2-4-9(7)14-12(8)16-10/h1-4,8,10H,5-6H2. The van der Waals surface area contributed by atoms with E-state index in [1.807, 2.05) is 18.2 Å². The van der Waals surface area contributed by atoms with Crippen LogP contribution in [0, 0.1) is 5.92 Å². The predicted octanol–water partition coefficient (Wildman–Crippen LogP) is 3.16. The largest absolute Gasteiger partial charge is 0.280 e. The highest BCUT2D eigenvalue weighted by Gasteiger charge is 2.37. The smallest absolute Gasteiger partial charge is 0.235 e. The maximum absolute atomic E-state index is 11.2. The van der Waals surface area contributed by atoms with Gasteiger partial charge >= 0.3 is 0 Å². The van der Waals surface area contributed by atoms with Crippen LogP contribution >= 0.6 is 23.4 Å². The number of benzene rings is 1. The highest BCUT2D eigenvalue weighted by atomic mass is 35.5. The van der Waals surface area contributed by atoms with Crippen molar-refractivity contribution in [2.75, 3.05) is 0 Å². The molecule has 0 N–H and O–H groups in total. The second kappa shape index (κ2) is 3.90. The number of para-hydroxylation sites is 1. The molecular formula is C12H10ClNOS. The number of hydrogen-bond acceptors (Lipinski definition) is 3. The van der Waals surface area contributed by atoms with Gasteiger partial charge in [0.2, 0.25) is 5.24 Å². The SMILES string of the molecule is O=C(Cl)C1CC2Cc3ccccc3N=C2S1. The molecule has 2 unspecified atom stereocenters. The van der Waals surface area contributed by atoms with Crippen LogP contribution in [0.1, 0.15) is 12.0 Å². The summed E-state index contributed by atoms with van der Waals surface area (Å²) in [5.41, 5.74) is 2.32. The Balaban J connectivity index is 1.93. The zero-order chi connectivity index (χ0) is 11.1. The van der Waals surface area contributed by atoms with Crippen molar-refractivity contribution >= 4 is 39.3 Å². The second-order valence-corrected chi connectivity index (χ2v) is 5.72. The van der Waals surface area contributed by atoms with Crippen molar-refractivity contribution in [3.05, 3.63) is 29.8 Å². The van der Waals surface area contributed by atoms with Gasteiger partial charge in [-0.2, -0.15) is 0 Å². The molecule has 1 aromatic rings. The molecule has 0 saturated carbocycles. The fourth-order valence-corrected chi connectivity index (χ4v) is 3.71. The molecule has 3 rings (SSSR count). The summed E-state index contributed by atoms with van der Waals surface area (Å²) in [5, 5.41) is 0.739. The van der Waals surface area contributed by atoms with E-state index in [2.05, 4.69) is 11.1 Å². The highest BCUT2D eigenvalue weighted by molar-refractivity contribution is 8.15. The van der Waals surface area contributed by atoms with Crippen LogP contribution in [0.2, 0.25) is 0 Å². The van der Waals surface area contributed by atoms with Gasteiger partial charge in [0, 0.05) is 5.92 Å². The summed E-state index contributed by atoms with van der Waals surface area (Å²) < 4.78 is 0. The molecule has 0 radical (unpaired) electrons. The van der Waals surface area contributed by atoms with Crippen LogP contribution in [0.5, 0.6) is 0 Å². The number of carbonyl (C=O) groups is 1. The Bertz CT molecular complexity index is 486. The van der Waals surface area contributed by atoms with E-state index >= 15 is 0 Å². The zero-order valence-electron chi connectivity index (χ0n) is 8.52. The monoisotopic (exact) mass is 251 g/mol. The van der Waals surface area contributed by atoms with E-state index in [1.165, 1.54) is 17.3 Å². The van der Waals surface area contributed by atoms with E-state index < -0.39 is 0 Å². The van der Waals surface area contributed by atoms with E-state index in [0.717, 1.165) is 23.6 Å². The van der Waals surface area contributed by atoms with Gasteiger partial charge < -0.3 is 0 Å². The van der Waals surface area contributed by atoms with E-state index in [0.29, 0.717) is 5.92 Å². The molecule has 2 heterocycles. The van der Waals surface area contributed by atoms with Crippen molar-refractivity contribution in [1.82, 2.24) is 0 Å². The van der Waals surface area contributed by atoms with Crippen LogP contribution in [-0.4, -0.2) is 15.5 Å². The summed E-state index contributed by atoms with van der Waals surface area (Å²) >= 11 is 7.08. The molecule has 0 aromatic heterocycles. The Kier molecular flexibility index (Phi) is 2.52. The molecule has 2 nitrogen and oxygen atoms in total. The third-order valence-electron chi connectivity index (χ3n) is 3.05. The summed E-state index contributed by atoms with van der Waals surface area (Å²) in [6.45, 7) is 0. The normalized spacial score (nSPS) is 26.9. The van der Waals surface area contributed by atoms with Crippen LogP contribution in [0.25, 0.3) is 0 Å². The minimum Gasteiger partial charge on any atom is -0.280 e. The number of aliphatic imine (C=N–C) groups is 1. The maximum atomic E-state index is 11.2. The van der Waals surface area contributed by atoms with Gasteiger partial charge in [0.25, 0.3) is 0 Å². The van der Waals surface area contributed by atoms with Gasteiger partial charge in [-0.3, -0.25) is 4.79 Å². The summed E-state index contributed by atoms with van der Waals surface area (Å²) in [6.07, 6.45) is 1.82. The molecule has 82 valence electrons. The Labute approximate surface area is 103 Å². The van der Waals surface area contributed by atoms with Gasteiger partial charge in [0.05, 0.1) is 16.0 Å². The third-order valence-corrected chi connectivity index (χ3v) is 4.80. The molecule has 16 heavy (non-hydrogen) atoms. The molecule has 1 aromatic carbocycles. The van der Waals surface area contributed by atoms with Crippen LogP contribution in [-0.2, 0) is 11.2 Å². The molecule has 2 aliphatic heterocycles. The minimum absolute atomic E-state index is 0.0975. The van der Waals surface area contributed by atoms with Crippen LogP contribution < -0.4 is 0 Å². The Morgan fingerprint density at radius 3 is 3.06 bits per heavy atom. The molecule has 2 aliphatic rings. The number of halogens is 1. The average molecular weight is 252 g/mol. The van der Waals surface area contributed by atoms with Gasteiger partial charge in [0.1, 0.15) is 0 Å².